The largest absolute Gasteiger partial charge is 0.495 e. The van der Waals surface area contributed by atoms with E-state index < -0.39 is 5.97 Å². The van der Waals surface area contributed by atoms with Crippen molar-refractivity contribution in [3.8, 4) is 16.2 Å². The molecule has 0 fully saturated rings. The number of ether oxygens (including phenoxy) is 2. The lowest BCUT2D eigenvalue weighted by Crippen LogP contribution is -2.20. The van der Waals surface area contributed by atoms with Crippen LogP contribution in [0.4, 0.5) is 10.7 Å². The average molecular weight is 413 g/mol. The number of anilines is 2. The molecule has 2 aromatic carbocycles. The van der Waals surface area contributed by atoms with Gasteiger partial charge in [-0.1, -0.05) is 36.4 Å². The van der Waals surface area contributed by atoms with E-state index in [1.807, 2.05) is 61.5 Å². The fraction of sp³-hybridized carbons (Fsp3) is 0.143. The van der Waals surface area contributed by atoms with Gasteiger partial charge in [0, 0.05) is 4.88 Å². The number of benzene rings is 2. The zero-order valence-electron chi connectivity index (χ0n) is 15.7. The van der Waals surface area contributed by atoms with Crippen LogP contribution in [0.25, 0.3) is 10.4 Å². The van der Waals surface area contributed by atoms with Crippen LogP contribution < -0.4 is 15.4 Å². The first-order valence-corrected chi connectivity index (χ1v) is 9.74. The Bertz CT molecular complexity index is 1000. The van der Waals surface area contributed by atoms with Gasteiger partial charge in [-0.05, 0) is 48.5 Å². The number of hydrogen-bond donors (Lipinski definition) is 2. The van der Waals surface area contributed by atoms with Gasteiger partial charge in [0.05, 0.1) is 25.5 Å². The molecule has 0 aliphatic heterocycles. The first kappa shape index (κ1) is 19.9. The van der Waals surface area contributed by atoms with E-state index in [0.717, 1.165) is 21.7 Å². The lowest BCUT2D eigenvalue weighted by atomic mass is 10.1. The molecule has 0 radical (unpaired) electrons. The maximum absolute atomic E-state index is 12.2. The van der Waals surface area contributed by atoms with Crippen molar-refractivity contribution in [1.82, 2.24) is 0 Å². The highest BCUT2D eigenvalue weighted by Crippen LogP contribution is 2.36. The van der Waals surface area contributed by atoms with E-state index in [0.29, 0.717) is 21.4 Å². The second-order valence-electron chi connectivity index (χ2n) is 5.99. The summed E-state index contributed by atoms with van der Waals surface area (Å²) < 4.78 is 10.3. The molecule has 0 atom stereocenters. The summed E-state index contributed by atoms with van der Waals surface area (Å²) in [6.07, 6.45) is 0. The number of hydrogen-bond acceptors (Lipinski definition) is 5. The maximum atomic E-state index is 12.2. The number of carbonyl (C=O) groups excluding carboxylic acids is 1. The molecule has 0 bridgehead atoms. The number of thiocarbonyl (C=S) groups is 1. The van der Waals surface area contributed by atoms with Gasteiger partial charge < -0.3 is 20.1 Å². The molecule has 1 aromatic heterocycles. The third-order valence-corrected chi connectivity index (χ3v) is 5.33. The van der Waals surface area contributed by atoms with Crippen LogP contribution in [-0.2, 0) is 4.74 Å². The van der Waals surface area contributed by atoms with E-state index in [9.17, 15) is 4.79 Å². The number of nitrogens with one attached hydrogen (secondary N) is 2. The van der Waals surface area contributed by atoms with Crippen molar-refractivity contribution >= 4 is 45.3 Å². The zero-order chi connectivity index (χ0) is 20.1. The minimum atomic E-state index is -0.420. The highest BCUT2D eigenvalue weighted by Gasteiger charge is 2.19. The minimum Gasteiger partial charge on any atom is -0.495 e. The van der Waals surface area contributed by atoms with Crippen LogP contribution in [0, 0.1) is 6.92 Å². The molecule has 0 saturated heterocycles. The van der Waals surface area contributed by atoms with Gasteiger partial charge in [-0.2, -0.15) is 0 Å². The zero-order valence-corrected chi connectivity index (χ0v) is 17.4. The quantitative estimate of drug-likeness (QED) is 0.436. The van der Waals surface area contributed by atoms with Crippen LogP contribution in [0.3, 0.4) is 0 Å². The van der Waals surface area contributed by atoms with Gasteiger partial charge >= 0.3 is 5.97 Å². The number of esters is 1. The molecule has 3 rings (SSSR count). The Labute approximate surface area is 173 Å². The summed E-state index contributed by atoms with van der Waals surface area (Å²) >= 11 is 6.89. The normalized spacial score (nSPS) is 10.2. The van der Waals surface area contributed by atoms with Gasteiger partial charge in [0.15, 0.2) is 5.11 Å². The van der Waals surface area contributed by atoms with Gasteiger partial charge in [-0.25, -0.2) is 4.79 Å². The first-order valence-electron chi connectivity index (χ1n) is 8.52. The lowest BCUT2D eigenvalue weighted by molar-refractivity contribution is 0.0602. The Balaban J connectivity index is 1.87. The van der Waals surface area contributed by atoms with E-state index in [1.54, 1.807) is 7.11 Å². The highest BCUT2D eigenvalue weighted by atomic mass is 32.1. The molecule has 0 amide bonds. The van der Waals surface area contributed by atoms with Crippen molar-refractivity contribution in [3.05, 3.63) is 65.7 Å². The topological polar surface area (TPSA) is 59.6 Å². The third kappa shape index (κ3) is 4.49. The molecule has 1 heterocycles. The lowest BCUT2D eigenvalue weighted by Gasteiger charge is -2.14. The molecule has 0 saturated carbocycles. The van der Waals surface area contributed by atoms with Gasteiger partial charge in [0.2, 0.25) is 0 Å². The molecule has 0 aliphatic carbocycles. The summed E-state index contributed by atoms with van der Waals surface area (Å²) in [5.74, 6) is 0.260. The Hall–Kier alpha value is -2.90. The Morgan fingerprint density at radius 1 is 1.04 bits per heavy atom. The number of methoxy groups -OCH3 is 2. The van der Waals surface area contributed by atoms with Crippen LogP contribution in [0.2, 0.25) is 0 Å². The van der Waals surface area contributed by atoms with Crippen molar-refractivity contribution in [3.63, 3.8) is 0 Å². The van der Waals surface area contributed by atoms with E-state index in [1.165, 1.54) is 18.4 Å². The molecular weight excluding hydrogens is 392 g/mol. The van der Waals surface area contributed by atoms with Crippen LogP contribution >= 0.6 is 23.6 Å². The van der Waals surface area contributed by atoms with Crippen molar-refractivity contribution in [2.24, 2.45) is 0 Å². The Morgan fingerprint density at radius 3 is 2.46 bits per heavy atom. The molecule has 28 heavy (non-hydrogen) atoms. The summed E-state index contributed by atoms with van der Waals surface area (Å²) in [4.78, 5) is 13.2. The number of rotatable bonds is 5. The fourth-order valence-electron chi connectivity index (χ4n) is 2.67. The van der Waals surface area contributed by atoms with Crippen LogP contribution in [0.1, 0.15) is 15.9 Å². The van der Waals surface area contributed by atoms with E-state index in [-0.39, 0.29) is 0 Å². The fourth-order valence-corrected chi connectivity index (χ4v) is 4.00. The predicted octanol–water partition coefficient (Wildman–Crippen LogP) is 5.33. The summed E-state index contributed by atoms with van der Waals surface area (Å²) in [6, 6.07) is 17.4. The van der Waals surface area contributed by atoms with Gasteiger partial charge in [0.1, 0.15) is 10.8 Å². The SMILES string of the molecule is COC(=O)c1cc(-c2ccccc2)sc1NC(=S)Nc1cc(C)ccc1OC. The second-order valence-corrected chi connectivity index (χ2v) is 7.45. The second kappa shape index (κ2) is 8.86. The molecule has 0 aliphatic rings. The average Bonchev–Trinajstić information content (AvgIpc) is 3.12. The minimum absolute atomic E-state index is 0.357. The Kier molecular flexibility index (Phi) is 6.28. The summed E-state index contributed by atoms with van der Waals surface area (Å²) in [5.41, 5.74) is 3.28. The number of thiophene rings is 1. The number of carbonyl (C=O) groups is 1. The maximum Gasteiger partial charge on any atom is 0.340 e. The molecule has 144 valence electrons. The van der Waals surface area contributed by atoms with E-state index in [4.69, 9.17) is 21.7 Å². The molecule has 2 N–H and O–H groups in total. The summed E-state index contributed by atoms with van der Waals surface area (Å²) in [7, 11) is 2.97. The van der Waals surface area contributed by atoms with Crippen molar-refractivity contribution in [2.45, 2.75) is 6.92 Å². The van der Waals surface area contributed by atoms with Crippen LogP contribution in [-0.4, -0.2) is 25.3 Å². The monoisotopic (exact) mass is 412 g/mol. The van der Waals surface area contributed by atoms with Crippen LogP contribution in [0.15, 0.2) is 54.6 Å². The molecular formula is C21H20N2O3S2. The van der Waals surface area contributed by atoms with E-state index >= 15 is 0 Å². The van der Waals surface area contributed by atoms with Crippen molar-refractivity contribution in [2.75, 3.05) is 24.9 Å². The first-order chi connectivity index (χ1) is 13.5. The molecule has 3 aromatic rings. The smallest absolute Gasteiger partial charge is 0.340 e. The number of aryl methyl sites for hydroxylation is 1. The van der Waals surface area contributed by atoms with Gasteiger partial charge in [0.25, 0.3) is 0 Å². The summed E-state index contributed by atoms with van der Waals surface area (Å²) in [5, 5.41) is 7.23. The standard InChI is InChI=1S/C21H20N2O3S2/c1-13-9-10-17(25-2)16(11-13)22-21(27)23-19-15(20(24)26-3)12-18(28-19)14-7-5-4-6-8-14/h4-12H,1-3H3,(H2,22,23,27). The molecule has 5 nitrogen and oxygen atoms in total. The van der Waals surface area contributed by atoms with Crippen LogP contribution in [0.5, 0.6) is 5.75 Å². The predicted molar refractivity (Wildman–Crippen MR) is 119 cm³/mol. The highest BCUT2D eigenvalue weighted by molar-refractivity contribution is 7.80. The molecule has 0 spiro atoms. The molecule has 7 heteroatoms. The van der Waals surface area contributed by atoms with Gasteiger partial charge in [-0.15, -0.1) is 11.3 Å². The van der Waals surface area contributed by atoms with Crippen molar-refractivity contribution < 1.29 is 14.3 Å². The third-order valence-electron chi connectivity index (χ3n) is 4.03. The van der Waals surface area contributed by atoms with E-state index in [2.05, 4.69) is 10.6 Å². The summed E-state index contributed by atoms with van der Waals surface area (Å²) in [6.45, 7) is 1.99. The van der Waals surface area contributed by atoms with Crippen molar-refractivity contribution in [1.29, 1.82) is 0 Å². The van der Waals surface area contributed by atoms with Gasteiger partial charge in [-0.3, -0.25) is 0 Å². The Morgan fingerprint density at radius 2 is 1.79 bits per heavy atom. The molecule has 0 unspecified atom stereocenters.